The molecule has 6 heteroatoms. The lowest BCUT2D eigenvalue weighted by atomic mass is 10.1. The highest BCUT2D eigenvalue weighted by Gasteiger charge is 2.25. The Morgan fingerprint density at radius 1 is 1.17 bits per heavy atom. The lowest BCUT2D eigenvalue weighted by Gasteiger charge is -2.25. The molecule has 0 bridgehead atoms. The number of nitrogens with zero attached hydrogens (tertiary/aromatic N) is 1. The van der Waals surface area contributed by atoms with Gasteiger partial charge < -0.3 is 15.0 Å². The van der Waals surface area contributed by atoms with Crippen LogP contribution in [0.4, 0.5) is 5.69 Å². The molecular formula is C23H27ClN2O3. The number of anilines is 1. The van der Waals surface area contributed by atoms with Crippen LogP contribution in [-0.4, -0.2) is 42.5 Å². The van der Waals surface area contributed by atoms with Crippen molar-refractivity contribution in [1.82, 2.24) is 4.90 Å². The normalized spacial score (nSPS) is 15.9. The monoisotopic (exact) mass is 414 g/mol. The summed E-state index contributed by atoms with van der Waals surface area (Å²) in [5, 5.41) is 3.49. The van der Waals surface area contributed by atoms with Crippen LogP contribution in [0.15, 0.2) is 42.5 Å². The van der Waals surface area contributed by atoms with E-state index in [1.807, 2.05) is 50.2 Å². The summed E-state index contributed by atoms with van der Waals surface area (Å²) >= 11 is 6.21. The molecule has 5 nitrogen and oxygen atoms in total. The molecule has 2 amide bonds. The van der Waals surface area contributed by atoms with Crippen LogP contribution in [0.3, 0.4) is 0 Å². The predicted molar refractivity (Wildman–Crippen MR) is 115 cm³/mol. The first-order chi connectivity index (χ1) is 13.9. The van der Waals surface area contributed by atoms with Crippen LogP contribution in [0.1, 0.15) is 29.5 Å². The number of carbonyl (C=O) groups excluding carboxylic acids is 2. The van der Waals surface area contributed by atoms with Gasteiger partial charge >= 0.3 is 0 Å². The zero-order valence-electron chi connectivity index (χ0n) is 16.9. The fourth-order valence-electron chi connectivity index (χ4n) is 3.45. The van der Waals surface area contributed by atoms with Crippen molar-refractivity contribution in [3.8, 4) is 0 Å². The molecule has 0 radical (unpaired) electrons. The Kier molecular flexibility index (Phi) is 7.29. The molecule has 1 unspecified atom stereocenters. The smallest absolute Gasteiger partial charge is 0.244 e. The molecule has 1 aliphatic rings. The summed E-state index contributed by atoms with van der Waals surface area (Å²) in [5.74, 6) is -0.353. The molecule has 1 N–H and O–H groups in total. The van der Waals surface area contributed by atoms with E-state index in [4.69, 9.17) is 16.3 Å². The molecule has 0 aliphatic carbocycles. The Morgan fingerprint density at radius 3 is 2.69 bits per heavy atom. The Labute approximate surface area is 177 Å². The van der Waals surface area contributed by atoms with Crippen LogP contribution in [0, 0.1) is 13.8 Å². The maximum atomic E-state index is 13.0. The first-order valence-corrected chi connectivity index (χ1v) is 10.3. The fraction of sp³-hybridized carbons (Fsp3) is 0.391. The molecule has 1 saturated heterocycles. The minimum Gasteiger partial charge on any atom is -0.376 e. The summed E-state index contributed by atoms with van der Waals surface area (Å²) in [5.41, 5.74) is 3.65. The van der Waals surface area contributed by atoms with Crippen molar-refractivity contribution in [2.24, 2.45) is 0 Å². The van der Waals surface area contributed by atoms with E-state index in [1.54, 1.807) is 11.0 Å². The Bertz CT molecular complexity index is 878. The maximum Gasteiger partial charge on any atom is 0.244 e. The highest BCUT2D eigenvalue weighted by atomic mass is 35.5. The van der Waals surface area contributed by atoms with Crippen molar-refractivity contribution < 1.29 is 14.3 Å². The lowest BCUT2D eigenvalue weighted by Crippen LogP contribution is -2.43. The van der Waals surface area contributed by atoms with E-state index < -0.39 is 0 Å². The average molecular weight is 415 g/mol. The fourth-order valence-corrected chi connectivity index (χ4v) is 3.66. The van der Waals surface area contributed by atoms with E-state index in [9.17, 15) is 9.59 Å². The van der Waals surface area contributed by atoms with Crippen molar-refractivity contribution >= 4 is 29.1 Å². The van der Waals surface area contributed by atoms with Gasteiger partial charge in [-0.25, -0.2) is 0 Å². The number of carbonyl (C=O) groups is 2. The first-order valence-electron chi connectivity index (χ1n) is 9.93. The second-order valence-corrected chi connectivity index (χ2v) is 7.88. The van der Waals surface area contributed by atoms with Gasteiger partial charge in [0.05, 0.1) is 19.1 Å². The molecule has 0 spiro atoms. The van der Waals surface area contributed by atoms with Crippen molar-refractivity contribution in [2.45, 2.75) is 39.2 Å². The highest BCUT2D eigenvalue weighted by Crippen LogP contribution is 2.20. The zero-order chi connectivity index (χ0) is 20.8. The van der Waals surface area contributed by atoms with E-state index in [0.29, 0.717) is 18.2 Å². The quantitative estimate of drug-likeness (QED) is 0.740. The van der Waals surface area contributed by atoms with Crippen LogP contribution >= 0.6 is 11.6 Å². The number of nitrogens with one attached hydrogen (secondary N) is 1. The van der Waals surface area contributed by atoms with Gasteiger partial charge in [-0.2, -0.15) is 0 Å². The molecule has 29 heavy (non-hydrogen) atoms. The minimum absolute atomic E-state index is 0.0173. The van der Waals surface area contributed by atoms with E-state index in [2.05, 4.69) is 5.32 Å². The number of hydrogen-bond donors (Lipinski definition) is 1. The molecule has 3 rings (SSSR count). The summed E-state index contributed by atoms with van der Waals surface area (Å²) in [7, 11) is 0. The number of amides is 2. The second-order valence-electron chi connectivity index (χ2n) is 7.47. The van der Waals surface area contributed by atoms with Crippen molar-refractivity contribution in [3.63, 3.8) is 0 Å². The second kappa shape index (κ2) is 9.90. The standard InChI is InChI=1S/C23H27ClN2O3/c1-16-7-5-11-21(17(16)2)25-22(27)15-26(14-19-9-6-12-29-19)23(28)13-18-8-3-4-10-20(18)24/h3-5,7-8,10-11,19H,6,9,12-15H2,1-2H3,(H,25,27). The number of rotatable bonds is 7. The molecule has 0 aromatic heterocycles. The van der Waals surface area contributed by atoms with E-state index in [-0.39, 0.29) is 30.9 Å². The largest absolute Gasteiger partial charge is 0.376 e. The Hall–Kier alpha value is -2.37. The van der Waals surface area contributed by atoms with Gasteiger partial charge in [-0.15, -0.1) is 0 Å². The van der Waals surface area contributed by atoms with Crippen molar-refractivity contribution in [2.75, 3.05) is 25.0 Å². The van der Waals surface area contributed by atoms with Crippen LogP contribution in [0.2, 0.25) is 5.02 Å². The molecule has 2 aromatic rings. The van der Waals surface area contributed by atoms with Gasteiger partial charge in [0.1, 0.15) is 0 Å². The van der Waals surface area contributed by atoms with Gasteiger partial charge in [-0.1, -0.05) is 41.9 Å². The van der Waals surface area contributed by atoms with Crippen LogP contribution in [-0.2, 0) is 20.7 Å². The number of ether oxygens (including phenoxy) is 1. The van der Waals surface area contributed by atoms with E-state index >= 15 is 0 Å². The van der Waals surface area contributed by atoms with Crippen LogP contribution in [0.25, 0.3) is 0 Å². The number of aryl methyl sites for hydroxylation is 1. The lowest BCUT2D eigenvalue weighted by molar-refractivity contribution is -0.135. The SMILES string of the molecule is Cc1cccc(NC(=O)CN(CC2CCCO2)C(=O)Cc2ccccc2Cl)c1C. The van der Waals surface area contributed by atoms with E-state index in [0.717, 1.165) is 35.2 Å². The zero-order valence-corrected chi connectivity index (χ0v) is 17.7. The predicted octanol–water partition coefficient (Wildman–Crippen LogP) is 4.15. The first kappa shape index (κ1) is 21.3. The molecule has 1 heterocycles. The molecule has 1 aliphatic heterocycles. The summed E-state index contributed by atoms with van der Waals surface area (Å²) in [6.45, 7) is 5.06. The Balaban J connectivity index is 1.70. The third-order valence-electron chi connectivity index (χ3n) is 5.31. The third kappa shape index (κ3) is 5.81. The molecule has 2 aromatic carbocycles. The molecule has 1 fully saturated rings. The maximum absolute atomic E-state index is 13.0. The topological polar surface area (TPSA) is 58.6 Å². The molecule has 154 valence electrons. The average Bonchev–Trinajstić information content (AvgIpc) is 3.20. The van der Waals surface area contributed by atoms with Gasteiger partial charge in [0.25, 0.3) is 0 Å². The summed E-state index contributed by atoms with van der Waals surface area (Å²) in [6.07, 6.45) is 2.00. The highest BCUT2D eigenvalue weighted by molar-refractivity contribution is 6.31. The summed E-state index contributed by atoms with van der Waals surface area (Å²) in [6, 6.07) is 13.1. The third-order valence-corrected chi connectivity index (χ3v) is 5.68. The number of benzene rings is 2. The van der Waals surface area contributed by atoms with Gasteiger partial charge in [0, 0.05) is 23.9 Å². The van der Waals surface area contributed by atoms with Gasteiger partial charge in [0.2, 0.25) is 11.8 Å². The van der Waals surface area contributed by atoms with Crippen molar-refractivity contribution in [3.05, 3.63) is 64.2 Å². The van der Waals surface area contributed by atoms with Crippen molar-refractivity contribution in [1.29, 1.82) is 0 Å². The van der Waals surface area contributed by atoms with Gasteiger partial charge in [-0.05, 0) is 55.5 Å². The van der Waals surface area contributed by atoms with Crippen LogP contribution in [0.5, 0.6) is 0 Å². The van der Waals surface area contributed by atoms with Crippen LogP contribution < -0.4 is 5.32 Å². The summed E-state index contributed by atoms with van der Waals surface area (Å²) < 4.78 is 5.69. The van der Waals surface area contributed by atoms with E-state index in [1.165, 1.54) is 0 Å². The number of halogens is 1. The van der Waals surface area contributed by atoms with Gasteiger partial charge in [0.15, 0.2) is 0 Å². The Morgan fingerprint density at radius 2 is 1.97 bits per heavy atom. The number of hydrogen-bond acceptors (Lipinski definition) is 3. The molecular weight excluding hydrogens is 388 g/mol. The van der Waals surface area contributed by atoms with Gasteiger partial charge in [-0.3, -0.25) is 9.59 Å². The molecule has 0 saturated carbocycles. The summed E-state index contributed by atoms with van der Waals surface area (Å²) in [4.78, 5) is 27.3. The minimum atomic E-state index is -0.218. The molecule has 1 atom stereocenters.